The lowest BCUT2D eigenvalue weighted by molar-refractivity contribution is -0.129. The predicted molar refractivity (Wildman–Crippen MR) is 512 cm³/mol. The second-order valence-electron chi connectivity index (χ2n) is 35.8. The number of aromatic amines is 3. The molecule has 3 amide bonds. The summed E-state index contributed by atoms with van der Waals surface area (Å²) in [5.74, 6) is 1.64. The Morgan fingerprint density at radius 3 is 1.01 bits per heavy atom. The quantitative estimate of drug-likeness (QED) is 0.0600. The number of amides is 3. The number of rotatable bonds is 20. The summed E-state index contributed by atoms with van der Waals surface area (Å²) >= 11 is 20.8. The molecule has 0 bridgehead atoms. The van der Waals surface area contributed by atoms with Crippen LogP contribution < -0.4 is 29.4 Å². The highest BCUT2D eigenvalue weighted by Crippen LogP contribution is 2.49. The number of aryl methyl sites for hydroxylation is 3. The molecule has 7 fully saturated rings. The lowest BCUT2D eigenvalue weighted by Gasteiger charge is -2.46. The smallest absolute Gasteiger partial charge is 0.246 e. The van der Waals surface area contributed by atoms with E-state index in [2.05, 4.69) is 143 Å². The molecular formula is C96H112Cl3F3N24O3. The van der Waals surface area contributed by atoms with Gasteiger partial charge in [-0.2, -0.15) is 30.2 Å². The van der Waals surface area contributed by atoms with Gasteiger partial charge >= 0.3 is 0 Å². The molecule has 1 aliphatic carbocycles. The molecule has 33 heteroatoms. The standard InChI is InChI=1S/C33H38ClFN8O.C32H38ClFN8O.C31H36ClFN8O/c1-6-26(44)42-14-20(5)43(15-19(42)4)32-24-12-25(34)28(27-18(3)8-9-21-13-36-39-30(21)27)29(35)31(24)37-33(38-32)40-16-23(17-40)41(7-2)22-10-11-22;1-7-25(43)41-14-20(6)42(15-19(41)5)31-23-12-24(33)27(26-18(4)10-11-21-13-35-38-29(21)26)28(34)30(23)36-32(37-31)40-16-22(17-40)39(8-2)9-3;1-7-24(42)40-13-19(5)41(14-18(40)4)30-22-11-23(32)26(25-17(3)9-10-20-12-34-37-28(20)25)27(33)29(22)35-31(36-30)39-15-21(16-39)38(6)8-2/h6,8-9,12-13,19-20,22-23H,1,7,10-11,14-17H2,2-5H3,(H,36,39);7,10-13,19-20,22H,1,8-9,14-17H2,2-6H3,(H,35,38);7,9-12,18-19,21H,1,8,13-16H2,2-6H3,(H,34,37)/t2*19-,20+;18-,19+/m111/s1. The number of fused-ring (bicyclic) bond motifs is 6. The predicted octanol–water partition coefficient (Wildman–Crippen LogP) is 16.0. The molecule has 676 valence electrons. The largest absolute Gasteiger partial charge is 0.349 e. The molecule has 27 nitrogen and oxygen atoms in total. The summed E-state index contributed by atoms with van der Waals surface area (Å²) in [4.78, 5) is 93.0. The van der Waals surface area contributed by atoms with Crippen molar-refractivity contribution in [3.63, 3.8) is 0 Å². The van der Waals surface area contributed by atoms with Crippen LogP contribution in [0.4, 0.5) is 48.5 Å². The Balaban J connectivity index is 0.000000136. The van der Waals surface area contributed by atoms with Crippen molar-refractivity contribution in [3.8, 4) is 33.4 Å². The molecule has 12 heterocycles. The van der Waals surface area contributed by atoms with Crippen molar-refractivity contribution in [3.05, 3.63) is 160 Å². The molecule has 0 spiro atoms. The number of H-pyrrole nitrogens is 3. The Morgan fingerprint density at radius 2 is 0.721 bits per heavy atom. The molecule has 6 aliphatic heterocycles. The lowest BCUT2D eigenvalue weighted by atomic mass is 9.96. The molecule has 6 atom stereocenters. The molecule has 6 saturated heterocycles. The van der Waals surface area contributed by atoms with Gasteiger partial charge in [0.15, 0.2) is 17.5 Å². The summed E-state index contributed by atoms with van der Waals surface area (Å²) < 4.78 is 50.8. The Labute approximate surface area is 764 Å². The van der Waals surface area contributed by atoms with Crippen molar-refractivity contribution in [1.82, 2.24) is 89.9 Å². The van der Waals surface area contributed by atoms with Gasteiger partial charge in [0.05, 0.1) is 50.2 Å². The number of likely N-dealkylation sites (N-methyl/N-ethyl adjacent to an activating group) is 3. The van der Waals surface area contributed by atoms with E-state index in [9.17, 15) is 14.4 Å². The summed E-state index contributed by atoms with van der Waals surface area (Å²) in [5, 5.41) is 26.8. The highest BCUT2D eigenvalue weighted by atomic mass is 35.5. The minimum Gasteiger partial charge on any atom is -0.349 e. The third-order valence-electron chi connectivity index (χ3n) is 27.7. The first-order valence-corrected chi connectivity index (χ1v) is 46.0. The van der Waals surface area contributed by atoms with E-state index in [1.165, 1.54) is 31.1 Å². The number of aromatic nitrogens is 12. The SMILES string of the molecule is C=CC(=O)N1C[C@H](C)N(c2nc(N3CC(N(C)CC)C3)nc3c(F)c(-c4c(C)ccc5cn[nH]c45)c(Cl)cc23)C[C@H]1C.C=CC(=O)N1C[C@H](C)N(c2nc(N3CC(N(CC)C4CC4)C3)nc3c(F)c(-c4c(C)ccc5cn[nH]c45)c(Cl)cc23)C[C@H]1C.C=CC(=O)N1C[C@H](C)N(c2nc(N3CC(N(CC)CC)C3)nc3c(F)c(-c4c(C)ccc5cn[nH]c45)c(Cl)cc23)C[C@H]1C. The van der Waals surface area contributed by atoms with E-state index in [4.69, 9.17) is 64.7 Å². The van der Waals surface area contributed by atoms with E-state index >= 15 is 13.2 Å². The fourth-order valence-corrected chi connectivity index (χ4v) is 20.8. The third-order valence-corrected chi connectivity index (χ3v) is 28.6. The van der Waals surface area contributed by atoms with Crippen LogP contribution >= 0.6 is 34.8 Å². The fraction of sp³-hybridized carbons (Fsp3) is 0.438. The van der Waals surface area contributed by atoms with Crippen LogP contribution in [-0.2, 0) is 14.4 Å². The number of carbonyl (C=O) groups is 3. The van der Waals surface area contributed by atoms with Gasteiger partial charge in [0.2, 0.25) is 35.6 Å². The molecule has 0 unspecified atom stereocenters. The summed E-state index contributed by atoms with van der Waals surface area (Å²) in [5.41, 5.74) is 8.42. The Bertz CT molecular complexity index is 6400. The minimum atomic E-state index is -0.489. The van der Waals surface area contributed by atoms with Crippen LogP contribution in [0.25, 0.3) is 98.8 Å². The number of carbonyl (C=O) groups excluding carboxylic acids is 3. The number of hydrogen-bond acceptors (Lipinski definition) is 21. The molecule has 3 N–H and O–H groups in total. The average Bonchev–Trinajstić information content (AvgIpc) is 1.03. The Morgan fingerprint density at radius 1 is 0.411 bits per heavy atom. The molecular weight excluding hydrogens is 1700 g/mol. The van der Waals surface area contributed by atoms with E-state index < -0.39 is 17.5 Å². The van der Waals surface area contributed by atoms with Crippen LogP contribution in [0.2, 0.25) is 15.1 Å². The molecule has 6 aromatic carbocycles. The second-order valence-corrected chi connectivity index (χ2v) is 37.0. The summed E-state index contributed by atoms with van der Waals surface area (Å²) in [6.45, 7) is 49.4. The van der Waals surface area contributed by atoms with Crippen LogP contribution in [-0.4, -0.2) is 280 Å². The zero-order valence-electron chi connectivity index (χ0n) is 75.7. The molecule has 6 aromatic heterocycles. The summed E-state index contributed by atoms with van der Waals surface area (Å²) in [7, 11) is 2.11. The first kappa shape index (κ1) is 89.7. The number of anilines is 6. The highest BCUT2D eigenvalue weighted by molar-refractivity contribution is 6.36. The number of halogens is 6. The maximum absolute atomic E-state index is 17.0. The molecule has 19 rings (SSSR count). The van der Waals surface area contributed by atoms with E-state index in [1.54, 1.807) is 36.8 Å². The van der Waals surface area contributed by atoms with Crippen molar-refractivity contribution in [1.29, 1.82) is 0 Å². The number of piperazine rings is 3. The maximum atomic E-state index is 17.0. The van der Waals surface area contributed by atoms with Gasteiger partial charge < -0.3 is 49.0 Å². The van der Waals surface area contributed by atoms with E-state index in [-0.39, 0.29) is 85.6 Å². The van der Waals surface area contributed by atoms with Gasteiger partial charge in [-0.15, -0.1) is 0 Å². The Hall–Kier alpha value is -11.3. The van der Waals surface area contributed by atoms with Gasteiger partial charge in [0, 0.05) is 205 Å². The van der Waals surface area contributed by atoms with Gasteiger partial charge in [-0.25, -0.2) is 28.1 Å². The van der Waals surface area contributed by atoms with Crippen LogP contribution in [0, 0.1) is 38.2 Å². The fourth-order valence-electron chi connectivity index (χ4n) is 19.9. The number of nitrogens with one attached hydrogen (secondary N) is 3. The van der Waals surface area contributed by atoms with Crippen LogP contribution in [0.3, 0.4) is 0 Å². The second kappa shape index (κ2) is 36.2. The first-order valence-electron chi connectivity index (χ1n) is 44.9. The highest BCUT2D eigenvalue weighted by Gasteiger charge is 2.44. The van der Waals surface area contributed by atoms with E-state index in [0.717, 1.165) is 115 Å². The van der Waals surface area contributed by atoms with Crippen LogP contribution in [0.5, 0.6) is 0 Å². The molecule has 1 saturated carbocycles. The number of benzene rings is 6. The number of hydrogen-bond donors (Lipinski definition) is 3. The maximum Gasteiger partial charge on any atom is 0.246 e. The van der Waals surface area contributed by atoms with Gasteiger partial charge in [0.25, 0.3) is 0 Å². The molecule has 129 heavy (non-hydrogen) atoms. The van der Waals surface area contributed by atoms with Crippen molar-refractivity contribution in [2.45, 2.75) is 163 Å². The minimum absolute atomic E-state index is 0.0712. The summed E-state index contributed by atoms with van der Waals surface area (Å²) in [6, 6.07) is 18.5. The Kier molecular flexibility index (Phi) is 25.2. The van der Waals surface area contributed by atoms with Crippen LogP contribution in [0.1, 0.15) is 98.8 Å². The van der Waals surface area contributed by atoms with Crippen molar-refractivity contribution < 1.29 is 27.6 Å². The van der Waals surface area contributed by atoms with Crippen molar-refractivity contribution >= 4 is 153 Å². The average molecular weight is 1810 g/mol. The van der Waals surface area contributed by atoms with E-state index in [1.807, 2.05) is 99.6 Å². The van der Waals surface area contributed by atoms with Gasteiger partial charge in [-0.1, -0.05) is 119 Å². The van der Waals surface area contributed by atoms with Crippen molar-refractivity contribution in [2.24, 2.45) is 0 Å². The summed E-state index contributed by atoms with van der Waals surface area (Å²) in [6.07, 6.45) is 11.7. The third kappa shape index (κ3) is 16.3. The lowest BCUT2D eigenvalue weighted by Crippen LogP contribution is -2.61. The normalized spacial score (nSPS) is 20.1. The zero-order chi connectivity index (χ0) is 91.3. The molecule has 12 aromatic rings. The zero-order valence-corrected chi connectivity index (χ0v) is 77.9. The van der Waals surface area contributed by atoms with E-state index in [0.29, 0.717) is 148 Å². The molecule has 0 radical (unpaired) electrons. The van der Waals surface area contributed by atoms with Gasteiger partial charge in [0.1, 0.15) is 34.0 Å². The number of nitrogens with zero attached hydrogens (tertiary/aromatic N) is 21. The van der Waals surface area contributed by atoms with Gasteiger partial charge in [-0.05, 0) is 161 Å². The first-order chi connectivity index (χ1) is 62.0. The van der Waals surface area contributed by atoms with Crippen LogP contribution in [0.15, 0.2) is 111 Å². The monoisotopic (exact) mass is 1810 g/mol. The molecule has 7 aliphatic rings. The van der Waals surface area contributed by atoms with Crippen molar-refractivity contribution in [2.75, 3.05) is 141 Å². The topological polar surface area (TPSA) is 253 Å². The van der Waals surface area contributed by atoms with Gasteiger partial charge in [-0.3, -0.25) is 39.5 Å².